The van der Waals surface area contributed by atoms with Crippen LogP contribution in [0.25, 0.3) is 0 Å². The lowest BCUT2D eigenvalue weighted by Crippen LogP contribution is -2.25. The third-order valence-corrected chi connectivity index (χ3v) is 4.79. The van der Waals surface area contributed by atoms with Crippen molar-refractivity contribution in [3.05, 3.63) is 51.7 Å². The summed E-state index contributed by atoms with van der Waals surface area (Å²) in [5, 5.41) is 17.4. The van der Waals surface area contributed by atoms with Gasteiger partial charge in [-0.05, 0) is 52.4 Å². The number of rotatable bonds is 5. The van der Waals surface area contributed by atoms with Gasteiger partial charge in [0.15, 0.2) is 0 Å². The molecular formula is C17H22N2OS. The first kappa shape index (κ1) is 14.6. The standard InChI is InChI=1S/C17H22N2OS/c1-19-7-2-3-14-9-13(4-5-16(14)19)10-18-11-17(20)15-6-8-21-12-15/h4-6,8-9,12,17-18,20H,2-3,7,10-11H2,1H3. The maximum absolute atomic E-state index is 10.1. The predicted molar refractivity (Wildman–Crippen MR) is 89.0 cm³/mol. The van der Waals surface area contributed by atoms with Gasteiger partial charge >= 0.3 is 0 Å². The monoisotopic (exact) mass is 302 g/mol. The van der Waals surface area contributed by atoms with Crippen molar-refractivity contribution in [1.82, 2.24) is 5.32 Å². The summed E-state index contributed by atoms with van der Waals surface area (Å²) in [5.41, 5.74) is 5.10. The Morgan fingerprint density at radius 1 is 1.38 bits per heavy atom. The number of nitrogens with one attached hydrogen (secondary N) is 1. The fourth-order valence-electron chi connectivity index (χ4n) is 2.88. The summed E-state index contributed by atoms with van der Waals surface area (Å²) >= 11 is 1.62. The van der Waals surface area contributed by atoms with Crippen LogP contribution in [-0.4, -0.2) is 25.2 Å². The summed E-state index contributed by atoms with van der Waals surface area (Å²) in [6, 6.07) is 8.69. The summed E-state index contributed by atoms with van der Waals surface area (Å²) < 4.78 is 0. The molecule has 1 aromatic heterocycles. The first-order valence-corrected chi connectivity index (χ1v) is 8.42. The van der Waals surface area contributed by atoms with E-state index in [1.807, 2.05) is 16.8 Å². The number of aryl methyl sites for hydroxylation is 1. The minimum atomic E-state index is -0.417. The molecule has 112 valence electrons. The zero-order chi connectivity index (χ0) is 14.7. The third-order valence-electron chi connectivity index (χ3n) is 4.09. The Morgan fingerprint density at radius 2 is 2.29 bits per heavy atom. The van der Waals surface area contributed by atoms with Crippen LogP contribution in [-0.2, 0) is 13.0 Å². The van der Waals surface area contributed by atoms with Crippen molar-refractivity contribution in [2.45, 2.75) is 25.5 Å². The Morgan fingerprint density at radius 3 is 3.10 bits per heavy atom. The number of anilines is 1. The molecule has 1 atom stereocenters. The summed E-state index contributed by atoms with van der Waals surface area (Å²) in [6.45, 7) is 2.54. The minimum absolute atomic E-state index is 0.417. The van der Waals surface area contributed by atoms with E-state index in [-0.39, 0.29) is 0 Å². The second kappa shape index (κ2) is 6.60. The summed E-state index contributed by atoms with van der Waals surface area (Å²) in [7, 11) is 2.16. The Kier molecular flexibility index (Phi) is 4.58. The average Bonchev–Trinajstić information content (AvgIpc) is 3.01. The van der Waals surface area contributed by atoms with Crippen LogP contribution in [0, 0.1) is 0 Å². The van der Waals surface area contributed by atoms with E-state index in [9.17, 15) is 5.11 Å². The van der Waals surface area contributed by atoms with Crippen molar-refractivity contribution >= 4 is 17.0 Å². The number of hydrogen-bond donors (Lipinski definition) is 2. The van der Waals surface area contributed by atoms with Gasteiger partial charge in [0.25, 0.3) is 0 Å². The zero-order valence-electron chi connectivity index (χ0n) is 12.4. The molecule has 3 nitrogen and oxygen atoms in total. The molecule has 1 aliphatic heterocycles. The van der Waals surface area contributed by atoms with Gasteiger partial charge in [-0.2, -0.15) is 11.3 Å². The van der Waals surface area contributed by atoms with Gasteiger partial charge in [-0.15, -0.1) is 0 Å². The lowest BCUT2D eigenvalue weighted by Gasteiger charge is -2.27. The van der Waals surface area contributed by atoms with E-state index in [2.05, 4.69) is 35.5 Å². The van der Waals surface area contributed by atoms with Crippen LogP contribution in [0.4, 0.5) is 5.69 Å². The number of fused-ring (bicyclic) bond motifs is 1. The van der Waals surface area contributed by atoms with Gasteiger partial charge in [0, 0.05) is 32.4 Å². The van der Waals surface area contributed by atoms with Crippen molar-refractivity contribution in [3.8, 4) is 0 Å². The number of benzene rings is 1. The van der Waals surface area contributed by atoms with Crippen LogP contribution in [0.1, 0.15) is 29.2 Å². The van der Waals surface area contributed by atoms with Crippen molar-refractivity contribution in [2.75, 3.05) is 25.0 Å². The Balaban J connectivity index is 1.56. The van der Waals surface area contributed by atoms with E-state index in [1.54, 1.807) is 11.3 Å². The molecule has 2 aromatic rings. The van der Waals surface area contributed by atoms with Gasteiger partial charge in [0.05, 0.1) is 6.10 Å². The number of hydrogen-bond acceptors (Lipinski definition) is 4. The van der Waals surface area contributed by atoms with Crippen LogP contribution in [0.5, 0.6) is 0 Å². The normalized spacial score (nSPS) is 15.8. The molecule has 0 saturated heterocycles. The zero-order valence-corrected chi connectivity index (χ0v) is 13.2. The molecule has 1 aromatic carbocycles. The number of nitrogens with zero attached hydrogens (tertiary/aromatic N) is 1. The van der Waals surface area contributed by atoms with Gasteiger partial charge < -0.3 is 15.3 Å². The van der Waals surface area contributed by atoms with Gasteiger partial charge in [-0.3, -0.25) is 0 Å². The molecule has 4 heteroatoms. The van der Waals surface area contributed by atoms with Crippen LogP contribution >= 0.6 is 11.3 Å². The van der Waals surface area contributed by atoms with Gasteiger partial charge in [0.1, 0.15) is 0 Å². The van der Waals surface area contributed by atoms with Gasteiger partial charge in [-0.25, -0.2) is 0 Å². The van der Waals surface area contributed by atoms with Crippen molar-refractivity contribution in [1.29, 1.82) is 0 Å². The van der Waals surface area contributed by atoms with Gasteiger partial charge in [0.2, 0.25) is 0 Å². The quantitative estimate of drug-likeness (QED) is 0.891. The lowest BCUT2D eigenvalue weighted by atomic mass is 9.99. The van der Waals surface area contributed by atoms with Crippen LogP contribution in [0.3, 0.4) is 0 Å². The minimum Gasteiger partial charge on any atom is -0.387 e. The molecular weight excluding hydrogens is 280 g/mol. The van der Waals surface area contributed by atoms with Crippen LogP contribution in [0.15, 0.2) is 35.0 Å². The van der Waals surface area contributed by atoms with Crippen LogP contribution in [0.2, 0.25) is 0 Å². The molecule has 21 heavy (non-hydrogen) atoms. The third kappa shape index (κ3) is 3.46. The van der Waals surface area contributed by atoms with E-state index in [0.717, 1.165) is 18.7 Å². The maximum Gasteiger partial charge on any atom is 0.0922 e. The molecule has 2 N–H and O–H groups in total. The number of aliphatic hydroxyl groups is 1. The van der Waals surface area contributed by atoms with E-state index in [1.165, 1.54) is 29.7 Å². The SMILES string of the molecule is CN1CCCc2cc(CNCC(O)c3ccsc3)ccc21. The van der Waals surface area contributed by atoms with Crippen LogP contribution < -0.4 is 10.2 Å². The highest BCUT2D eigenvalue weighted by molar-refractivity contribution is 7.07. The number of thiophene rings is 1. The number of aliphatic hydroxyl groups excluding tert-OH is 1. The molecule has 1 aliphatic rings. The lowest BCUT2D eigenvalue weighted by molar-refractivity contribution is 0.175. The topological polar surface area (TPSA) is 35.5 Å². The second-order valence-electron chi connectivity index (χ2n) is 5.69. The molecule has 0 aliphatic carbocycles. The Hall–Kier alpha value is -1.36. The molecule has 2 heterocycles. The highest BCUT2D eigenvalue weighted by atomic mass is 32.1. The van der Waals surface area contributed by atoms with E-state index >= 15 is 0 Å². The van der Waals surface area contributed by atoms with E-state index in [0.29, 0.717) is 6.54 Å². The van der Waals surface area contributed by atoms with Crippen molar-refractivity contribution < 1.29 is 5.11 Å². The van der Waals surface area contributed by atoms with E-state index < -0.39 is 6.10 Å². The maximum atomic E-state index is 10.1. The molecule has 0 bridgehead atoms. The molecule has 0 amide bonds. The highest BCUT2D eigenvalue weighted by Crippen LogP contribution is 2.26. The Labute approximate surface area is 130 Å². The largest absolute Gasteiger partial charge is 0.387 e. The van der Waals surface area contributed by atoms with Gasteiger partial charge in [-0.1, -0.05) is 12.1 Å². The summed E-state index contributed by atoms with van der Waals surface area (Å²) in [5.74, 6) is 0. The fraction of sp³-hybridized carbons (Fsp3) is 0.412. The first-order valence-electron chi connectivity index (χ1n) is 7.48. The first-order chi connectivity index (χ1) is 10.2. The highest BCUT2D eigenvalue weighted by Gasteiger charge is 2.13. The Bertz CT molecular complexity index is 582. The molecule has 0 saturated carbocycles. The summed E-state index contributed by atoms with van der Waals surface area (Å²) in [6.07, 6.45) is 1.99. The summed E-state index contributed by atoms with van der Waals surface area (Å²) in [4.78, 5) is 2.33. The second-order valence-corrected chi connectivity index (χ2v) is 6.47. The van der Waals surface area contributed by atoms with Crippen molar-refractivity contribution in [2.24, 2.45) is 0 Å². The van der Waals surface area contributed by atoms with E-state index in [4.69, 9.17) is 0 Å². The molecule has 0 radical (unpaired) electrons. The smallest absolute Gasteiger partial charge is 0.0922 e. The fourth-order valence-corrected chi connectivity index (χ4v) is 3.59. The molecule has 1 unspecified atom stereocenters. The molecule has 0 spiro atoms. The molecule has 3 rings (SSSR count). The predicted octanol–water partition coefficient (Wildman–Crippen LogP) is 2.95. The molecule has 0 fully saturated rings. The average molecular weight is 302 g/mol. The van der Waals surface area contributed by atoms with Crippen molar-refractivity contribution in [3.63, 3.8) is 0 Å².